The molecule has 0 spiro atoms. The summed E-state index contributed by atoms with van der Waals surface area (Å²) in [6.45, 7) is 1.96. The molecular formula is C13H16BrN3O2S. The third-order valence-electron chi connectivity index (χ3n) is 2.92. The molecule has 1 atom stereocenters. The lowest BCUT2D eigenvalue weighted by molar-refractivity contribution is 0.383. The molecule has 0 aliphatic rings. The molecular weight excluding hydrogens is 342 g/mol. The van der Waals surface area contributed by atoms with Crippen molar-refractivity contribution in [1.29, 1.82) is 0 Å². The van der Waals surface area contributed by atoms with E-state index in [0.717, 1.165) is 19.9 Å². The highest BCUT2D eigenvalue weighted by Crippen LogP contribution is 2.41. The van der Waals surface area contributed by atoms with Gasteiger partial charge in [0.1, 0.15) is 16.0 Å². The van der Waals surface area contributed by atoms with Crippen LogP contribution in [0.3, 0.4) is 0 Å². The van der Waals surface area contributed by atoms with Crippen molar-refractivity contribution >= 4 is 27.3 Å². The average molecular weight is 358 g/mol. The van der Waals surface area contributed by atoms with Crippen LogP contribution in [0.1, 0.15) is 21.5 Å². The number of aromatic nitrogens is 1. The van der Waals surface area contributed by atoms with Crippen LogP contribution in [0, 0.1) is 6.92 Å². The molecule has 0 aliphatic carbocycles. The van der Waals surface area contributed by atoms with E-state index in [4.69, 9.17) is 15.3 Å². The monoisotopic (exact) mass is 357 g/mol. The Hall–Kier alpha value is -1.15. The maximum absolute atomic E-state index is 5.72. The van der Waals surface area contributed by atoms with Gasteiger partial charge in [0.15, 0.2) is 0 Å². The normalized spacial score (nSPS) is 12.2. The van der Waals surface area contributed by atoms with E-state index in [1.54, 1.807) is 25.6 Å². The van der Waals surface area contributed by atoms with E-state index >= 15 is 0 Å². The standard InChI is InChI=1S/C13H16BrN3O2S/c1-7-16-6-10(20-7)12(17-15)8-4-5-9(18-2)11(14)13(8)19-3/h4-6,12,17H,15H2,1-3H3. The van der Waals surface area contributed by atoms with Crippen molar-refractivity contribution in [3.05, 3.63) is 38.3 Å². The first-order valence-corrected chi connectivity index (χ1v) is 7.52. The number of benzene rings is 1. The summed E-state index contributed by atoms with van der Waals surface area (Å²) < 4.78 is 11.5. The van der Waals surface area contributed by atoms with E-state index in [1.165, 1.54) is 0 Å². The molecule has 0 fully saturated rings. The van der Waals surface area contributed by atoms with Gasteiger partial charge in [0.25, 0.3) is 0 Å². The van der Waals surface area contributed by atoms with Crippen molar-refractivity contribution in [2.75, 3.05) is 14.2 Å². The summed E-state index contributed by atoms with van der Waals surface area (Å²) in [5.74, 6) is 7.12. The number of ether oxygens (including phenoxy) is 2. The molecule has 0 radical (unpaired) electrons. The highest BCUT2D eigenvalue weighted by molar-refractivity contribution is 9.10. The summed E-state index contributed by atoms with van der Waals surface area (Å²) in [7, 11) is 3.24. The average Bonchev–Trinajstić information content (AvgIpc) is 2.86. The predicted octanol–water partition coefficient (Wildman–Crippen LogP) is 2.78. The number of hydrogen-bond donors (Lipinski definition) is 2. The van der Waals surface area contributed by atoms with Crippen LogP contribution in [0.15, 0.2) is 22.8 Å². The Bertz CT molecular complexity index is 603. The van der Waals surface area contributed by atoms with Gasteiger partial charge in [-0.15, -0.1) is 11.3 Å². The topological polar surface area (TPSA) is 69.4 Å². The number of aryl methyl sites for hydroxylation is 1. The molecule has 108 valence electrons. The largest absolute Gasteiger partial charge is 0.495 e. The van der Waals surface area contributed by atoms with E-state index in [1.807, 2.05) is 25.3 Å². The van der Waals surface area contributed by atoms with Crippen molar-refractivity contribution in [2.24, 2.45) is 5.84 Å². The van der Waals surface area contributed by atoms with Gasteiger partial charge in [-0.25, -0.2) is 10.4 Å². The number of halogens is 1. The molecule has 1 unspecified atom stereocenters. The van der Waals surface area contributed by atoms with Crippen molar-refractivity contribution in [2.45, 2.75) is 13.0 Å². The molecule has 2 aromatic rings. The third kappa shape index (κ3) is 2.80. The zero-order valence-electron chi connectivity index (χ0n) is 11.4. The number of nitrogens with one attached hydrogen (secondary N) is 1. The molecule has 0 aliphatic heterocycles. The van der Waals surface area contributed by atoms with Crippen LogP contribution in [0.25, 0.3) is 0 Å². The Morgan fingerprint density at radius 3 is 2.60 bits per heavy atom. The number of nitrogens with two attached hydrogens (primary N) is 1. The molecule has 20 heavy (non-hydrogen) atoms. The Balaban J connectivity index is 2.52. The highest BCUT2D eigenvalue weighted by atomic mass is 79.9. The van der Waals surface area contributed by atoms with Gasteiger partial charge < -0.3 is 9.47 Å². The van der Waals surface area contributed by atoms with Gasteiger partial charge in [-0.3, -0.25) is 5.84 Å². The number of hydrogen-bond acceptors (Lipinski definition) is 6. The number of thiazole rings is 1. The fraction of sp³-hybridized carbons (Fsp3) is 0.308. The lowest BCUT2D eigenvalue weighted by atomic mass is 10.0. The first-order chi connectivity index (χ1) is 9.62. The molecule has 3 N–H and O–H groups in total. The Morgan fingerprint density at radius 2 is 2.10 bits per heavy atom. The molecule has 2 rings (SSSR count). The smallest absolute Gasteiger partial charge is 0.142 e. The molecule has 5 nitrogen and oxygen atoms in total. The van der Waals surface area contributed by atoms with E-state index in [-0.39, 0.29) is 6.04 Å². The van der Waals surface area contributed by atoms with E-state index in [9.17, 15) is 0 Å². The van der Waals surface area contributed by atoms with Crippen LogP contribution < -0.4 is 20.7 Å². The van der Waals surface area contributed by atoms with Gasteiger partial charge in [0.05, 0.1) is 25.3 Å². The highest BCUT2D eigenvalue weighted by Gasteiger charge is 2.22. The molecule has 1 heterocycles. The first-order valence-electron chi connectivity index (χ1n) is 5.91. The Kier molecular flexibility index (Phi) is 4.98. The minimum Gasteiger partial charge on any atom is -0.495 e. The van der Waals surface area contributed by atoms with Crippen LogP contribution in [0.5, 0.6) is 11.5 Å². The molecule has 0 amide bonds. The molecule has 0 bridgehead atoms. The zero-order chi connectivity index (χ0) is 14.7. The third-order valence-corrected chi connectivity index (χ3v) is 4.65. The summed E-state index contributed by atoms with van der Waals surface area (Å²) in [6.07, 6.45) is 1.82. The number of rotatable bonds is 5. The number of nitrogens with zero attached hydrogens (tertiary/aromatic N) is 1. The summed E-state index contributed by atoms with van der Waals surface area (Å²) in [4.78, 5) is 5.30. The minimum atomic E-state index is -0.182. The van der Waals surface area contributed by atoms with E-state index in [2.05, 4.69) is 26.3 Å². The fourth-order valence-electron chi connectivity index (χ4n) is 1.98. The molecule has 7 heteroatoms. The molecule has 1 aromatic heterocycles. The van der Waals surface area contributed by atoms with Crippen LogP contribution in [-0.4, -0.2) is 19.2 Å². The van der Waals surface area contributed by atoms with Crippen LogP contribution in [-0.2, 0) is 0 Å². The SMILES string of the molecule is COc1ccc(C(NN)c2cnc(C)s2)c(OC)c1Br. The second-order valence-electron chi connectivity index (χ2n) is 4.09. The second-order valence-corrected chi connectivity index (χ2v) is 6.14. The van der Waals surface area contributed by atoms with Gasteiger partial charge in [-0.2, -0.15) is 0 Å². The van der Waals surface area contributed by atoms with E-state index in [0.29, 0.717) is 11.5 Å². The van der Waals surface area contributed by atoms with Gasteiger partial charge in [0, 0.05) is 16.6 Å². The summed E-state index contributed by atoms with van der Waals surface area (Å²) in [6, 6.07) is 3.63. The van der Waals surface area contributed by atoms with Crippen molar-refractivity contribution in [3.8, 4) is 11.5 Å². The van der Waals surface area contributed by atoms with Crippen LogP contribution >= 0.6 is 27.3 Å². The predicted molar refractivity (Wildman–Crippen MR) is 83.3 cm³/mol. The van der Waals surface area contributed by atoms with Crippen LogP contribution in [0.4, 0.5) is 0 Å². The Morgan fingerprint density at radius 1 is 1.35 bits per heavy atom. The zero-order valence-corrected chi connectivity index (χ0v) is 13.8. The maximum atomic E-state index is 5.72. The maximum Gasteiger partial charge on any atom is 0.142 e. The van der Waals surface area contributed by atoms with Gasteiger partial charge in [-0.1, -0.05) is 0 Å². The first kappa shape index (κ1) is 15.2. The lowest BCUT2D eigenvalue weighted by Gasteiger charge is -2.19. The molecule has 0 saturated heterocycles. The fourth-order valence-corrected chi connectivity index (χ4v) is 3.53. The quantitative estimate of drug-likeness (QED) is 0.635. The summed E-state index contributed by atoms with van der Waals surface area (Å²) in [5.41, 5.74) is 3.74. The summed E-state index contributed by atoms with van der Waals surface area (Å²) in [5, 5.41) is 0.992. The minimum absolute atomic E-state index is 0.182. The van der Waals surface area contributed by atoms with Gasteiger partial charge >= 0.3 is 0 Å². The second kappa shape index (κ2) is 6.53. The Labute approximate surface area is 130 Å². The van der Waals surface area contributed by atoms with Gasteiger partial charge in [-0.05, 0) is 35.0 Å². The number of methoxy groups -OCH3 is 2. The molecule has 1 aromatic carbocycles. The van der Waals surface area contributed by atoms with Crippen molar-refractivity contribution in [1.82, 2.24) is 10.4 Å². The number of hydrazine groups is 1. The van der Waals surface area contributed by atoms with Crippen molar-refractivity contribution in [3.63, 3.8) is 0 Å². The van der Waals surface area contributed by atoms with E-state index < -0.39 is 0 Å². The molecule has 0 saturated carbocycles. The van der Waals surface area contributed by atoms with Crippen LogP contribution in [0.2, 0.25) is 0 Å². The van der Waals surface area contributed by atoms with Gasteiger partial charge in [0.2, 0.25) is 0 Å². The lowest BCUT2D eigenvalue weighted by Crippen LogP contribution is -2.28. The van der Waals surface area contributed by atoms with Crippen molar-refractivity contribution < 1.29 is 9.47 Å². The summed E-state index contributed by atoms with van der Waals surface area (Å²) >= 11 is 5.09.